The summed E-state index contributed by atoms with van der Waals surface area (Å²) in [5.74, 6) is 0.550. The molecule has 0 unspecified atom stereocenters. The maximum Gasteiger partial charge on any atom is 0.322 e. The summed E-state index contributed by atoms with van der Waals surface area (Å²) in [5.41, 5.74) is 2.52. The van der Waals surface area contributed by atoms with Crippen molar-refractivity contribution in [2.75, 3.05) is 25.6 Å². The number of carbonyl (C=O) groups excluding carboxylic acids is 1. The summed E-state index contributed by atoms with van der Waals surface area (Å²) in [4.78, 5) is 18.5. The number of fused-ring (bicyclic) bond motifs is 1. The molecule has 1 aromatic carbocycles. The fourth-order valence-electron chi connectivity index (χ4n) is 2.48. The Labute approximate surface area is 149 Å². The molecular formula is C18H19N3O3S. The van der Waals surface area contributed by atoms with Crippen LogP contribution in [0.3, 0.4) is 0 Å². The number of aromatic nitrogens is 1. The van der Waals surface area contributed by atoms with Crippen LogP contribution in [0.2, 0.25) is 0 Å². The third-order valence-electron chi connectivity index (χ3n) is 3.73. The van der Waals surface area contributed by atoms with Gasteiger partial charge in [0.2, 0.25) is 5.88 Å². The Morgan fingerprint density at radius 2 is 2.20 bits per heavy atom. The van der Waals surface area contributed by atoms with Crippen LogP contribution in [0.25, 0.3) is 10.9 Å². The van der Waals surface area contributed by atoms with E-state index in [-0.39, 0.29) is 19.2 Å². The summed E-state index contributed by atoms with van der Waals surface area (Å²) >= 11 is 1.58. The van der Waals surface area contributed by atoms with E-state index in [2.05, 4.69) is 10.3 Å². The minimum Gasteiger partial charge on any atom is -0.481 e. The van der Waals surface area contributed by atoms with Crippen molar-refractivity contribution in [2.24, 2.45) is 0 Å². The molecule has 3 rings (SSSR count). The Bertz CT molecular complexity index is 852. The lowest BCUT2D eigenvalue weighted by Crippen LogP contribution is -2.36. The lowest BCUT2D eigenvalue weighted by molar-refractivity contribution is 0.185. The smallest absolute Gasteiger partial charge is 0.322 e. The van der Waals surface area contributed by atoms with Crippen molar-refractivity contribution >= 4 is 34.0 Å². The number of hydrogen-bond acceptors (Lipinski definition) is 5. The number of benzene rings is 1. The second-order valence-electron chi connectivity index (χ2n) is 5.47. The number of nitrogens with zero attached hydrogens (tertiary/aromatic N) is 2. The summed E-state index contributed by atoms with van der Waals surface area (Å²) < 4.78 is 5.12. The number of aliphatic hydroxyl groups is 1. The minimum atomic E-state index is -0.249. The van der Waals surface area contributed by atoms with Gasteiger partial charge in [-0.05, 0) is 46.7 Å². The van der Waals surface area contributed by atoms with Gasteiger partial charge in [-0.1, -0.05) is 0 Å². The predicted molar refractivity (Wildman–Crippen MR) is 99.1 cm³/mol. The van der Waals surface area contributed by atoms with Crippen LogP contribution in [0.4, 0.5) is 10.5 Å². The largest absolute Gasteiger partial charge is 0.481 e. The summed E-state index contributed by atoms with van der Waals surface area (Å²) in [7, 11) is 1.58. The molecule has 0 saturated carbocycles. The van der Waals surface area contributed by atoms with E-state index < -0.39 is 0 Å². The van der Waals surface area contributed by atoms with Gasteiger partial charge >= 0.3 is 6.03 Å². The molecule has 2 N–H and O–H groups in total. The third kappa shape index (κ3) is 4.26. The van der Waals surface area contributed by atoms with E-state index in [1.165, 1.54) is 0 Å². The van der Waals surface area contributed by atoms with E-state index >= 15 is 0 Å². The fraction of sp³-hybridized carbons (Fsp3) is 0.222. The average molecular weight is 357 g/mol. The molecule has 0 bridgehead atoms. The van der Waals surface area contributed by atoms with Crippen LogP contribution >= 0.6 is 11.3 Å². The van der Waals surface area contributed by atoms with E-state index in [1.807, 2.05) is 35.0 Å². The van der Waals surface area contributed by atoms with Gasteiger partial charge in [0, 0.05) is 30.2 Å². The quantitative estimate of drug-likeness (QED) is 0.710. The first-order valence-electron chi connectivity index (χ1n) is 7.82. The van der Waals surface area contributed by atoms with Crippen LogP contribution in [0.15, 0.2) is 47.2 Å². The summed E-state index contributed by atoms with van der Waals surface area (Å²) in [6.45, 7) is 0.648. The molecular weight excluding hydrogens is 338 g/mol. The Hall–Kier alpha value is -2.64. The van der Waals surface area contributed by atoms with Crippen molar-refractivity contribution < 1.29 is 14.6 Å². The van der Waals surface area contributed by atoms with E-state index in [9.17, 15) is 9.90 Å². The molecule has 130 valence electrons. The first kappa shape index (κ1) is 17.2. The standard InChI is InChI=1S/C18H19N3O3S/c1-24-17-5-2-14-10-15(3-4-16(14)20-17)19-18(23)21(7-8-22)11-13-6-9-25-12-13/h2-6,9-10,12,22H,7-8,11H2,1H3,(H,19,23). The highest BCUT2D eigenvalue weighted by Crippen LogP contribution is 2.21. The molecule has 0 saturated heterocycles. The van der Waals surface area contributed by atoms with Crippen molar-refractivity contribution in [3.8, 4) is 5.88 Å². The second-order valence-corrected chi connectivity index (χ2v) is 6.25. The van der Waals surface area contributed by atoms with Gasteiger partial charge in [0.05, 0.1) is 19.2 Å². The molecule has 25 heavy (non-hydrogen) atoms. The van der Waals surface area contributed by atoms with Gasteiger partial charge in [-0.25, -0.2) is 9.78 Å². The van der Waals surface area contributed by atoms with Gasteiger partial charge in [0.25, 0.3) is 0 Å². The number of nitrogens with one attached hydrogen (secondary N) is 1. The normalized spacial score (nSPS) is 10.6. The molecule has 2 amide bonds. The van der Waals surface area contributed by atoms with Gasteiger partial charge in [-0.15, -0.1) is 0 Å². The first-order chi connectivity index (χ1) is 12.2. The minimum absolute atomic E-state index is 0.0843. The molecule has 0 spiro atoms. The molecule has 0 atom stereocenters. The molecule has 2 aromatic heterocycles. The fourth-order valence-corrected chi connectivity index (χ4v) is 3.14. The number of methoxy groups -OCH3 is 1. The van der Waals surface area contributed by atoms with Crippen molar-refractivity contribution in [3.63, 3.8) is 0 Å². The maximum atomic E-state index is 12.5. The number of anilines is 1. The third-order valence-corrected chi connectivity index (χ3v) is 4.47. The van der Waals surface area contributed by atoms with E-state index in [0.29, 0.717) is 18.1 Å². The molecule has 3 aromatic rings. The zero-order valence-corrected chi connectivity index (χ0v) is 14.6. The molecule has 2 heterocycles. The number of hydrogen-bond donors (Lipinski definition) is 2. The molecule has 0 aliphatic rings. The SMILES string of the molecule is COc1ccc2cc(NC(=O)N(CCO)Cc3ccsc3)ccc2n1. The number of carbonyl (C=O) groups is 1. The Morgan fingerprint density at radius 3 is 2.92 bits per heavy atom. The van der Waals surface area contributed by atoms with E-state index in [1.54, 1.807) is 35.5 Å². The number of amides is 2. The molecule has 0 radical (unpaired) electrons. The highest BCUT2D eigenvalue weighted by Gasteiger charge is 2.14. The molecule has 6 nitrogen and oxygen atoms in total. The Kier molecular flexibility index (Phi) is 5.47. The highest BCUT2D eigenvalue weighted by molar-refractivity contribution is 7.07. The van der Waals surface area contributed by atoms with Crippen molar-refractivity contribution in [1.82, 2.24) is 9.88 Å². The van der Waals surface area contributed by atoms with Crippen LogP contribution in [0.1, 0.15) is 5.56 Å². The molecule has 0 fully saturated rings. The van der Waals surface area contributed by atoms with E-state index in [0.717, 1.165) is 16.5 Å². The molecule has 0 aliphatic carbocycles. The van der Waals surface area contributed by atoms with Crippen molar-refractivity contribution in [1.29, 1.82) is 0 Å². The van der Waals surface area contributed by atoms with Crippen LogP contribution in [-0.4, -0.2) is 41.3 Å². The van der Waals surface area contributed by atoms with Gasteiger partial charge in [0.1, 0.15) is 0 Å². The van der Waals surface area contributed by atoms with Gasteiger partial charge in [0.15, 0.2) is 0 Å². The number of ether oxygens (including phenoxy) is 1. The van der Waals surface area contributed by atoms with Crippen LogP contribution in [0, 0.1) is 0 Å². The topological polar surface area (TPSA) is 74.7 Å². The van der Waals surface area contributed by atoms with Gasteiger partial charge < -0.3 is 20.1 Å². The van der Waals surface area contributed by atoms with Crippen LogP contribution in [0.5, 0.6) is 5.88 Å². The molecule has 0 aliphatic heterocycles. The first-order valence-corrected chi connectivity index (χ1v) is 8.76. The number of thiophene rings is 1. The van der Waals surface area contributed by atoms with Crippen LogP contribution in [-0.2, 0) is 6.54 Å². The zero-order valence-electron chi connectivity index (χ0n) is 13.8. The average Bonchev–Trinajstić information content (AvgIpc) is 3.14. The number of urea groups is 1. The number of pyridine rings is 1. The van der Waals surface area contributed by atoms with Gasteiger partial charge in [-0.2, -0.15) is 11.3 Å². The van der Waals surface area contributed by atoms with Crippen molar-refractivity contribution in [3.05, 3.63) is 52.7 Å². The summed E-state index contributed by atoms with van der Waals surface area (Å²) in [5, 5.41) is 17.0. The maximum absolute atomic E-state index is 12.5. The monoisotopic (exact) mass is 357 g/mol. The Morgan fingerprint density at radius 1 is 1.32 bits per heavy atom. The number of rotatable bonds is 6. The highest BCUT2D eigenvalue weighted by atomic mass is 32.1. The second kappa shape index (κ2) is 7.96. The zero-order chi connectivity index (χ0) is 17.6. The molecule has 7 heteroatoms. The summed E-state index contributed by atoms with van der Waals surface area (Å²) in [6.07, 6.45) is 0. The van der Waals surface area contributed by atoms with Crippen molar-refractivity contribution in [2.45, 2.75) is 6.54 Å². The summed E-state index contributed by atoms with van der Waals surface area (Å²) in [6, 6.07) is 10.9. The van der Waals surface area contributed by atoms with Gasteiger partial charge in [-0.3, -0.25) is 0 Å². The predicted octanol–water partition coefficient (Wildman–Crippen LogP) is 3.33. The number of aliphatic hydroxyl groups excluding tert-OH is 1. The van der Waals surface area contributed by atoms with E-state index in [4.69, 9.17) is 4.74 Å². The van der Waals surface area contributed by atoms with Crippen LogP contribution < -0.4 is 10.1 Å². The lowest BCUT2D eigenvalue weighted by atomic mass is 10.2. The lowest BCUT2D eigenvalue weighted by Gasteiger charge is -2.22. The Balaban J connectivity index is 1.74.